The maximum absolute atomic E-state index is 13.9. The Labute approximate surface area is 187 Å². The lowest BCUT2D eigenvalue weighted by molar-refractivity contribution is -0.207. The molecule has 0 radical (unpaired) electrons. The molecule has 1 fully saturated rings. The van der Waals surface area contributed by atoms with Gasteiger partial charge in [0.05, 0.1) is 13.2 Å². The van der Waals surface area contributed by atoms with E-state index in [1.165, 1.54) is 5.56 Å². The van der Waals surface area contributed by atoms with Crippen molar-refractivity contribution >= 4 is 11.9 Å². The largest absolute Gasteiger partial charge is 0.423 e. The molecule has 1 saturated heterocycles. The fourth-order valence-corrected chi connectivity index (χ4v) is 3.17. The van der Waals surface area contributed by atoms with Crippen LogP contribution in [-0.2, 0) is 25.5 Å². The Hall–Kier alpha value is -2.98. The van der Waals surface area contributed by atoms with E-state index >= 15 is 0 Å². The van der Waals surface area contributed by atoms with Crippen molar-refractivity contribution in [2.75, 3.05) is 13.2 Å². The number of rotatable bonds is 8. The molecule has 0 aromatic heterocycles. The van der Waals surface area contributed by atoms with Crippen LogP contribution in [0.5, 0.6) is 11.5 Å². The second-order valence-electron chi connectivity index (χ2n) is 7.40. The van der Waals surface area contributed by atoms with Gasteiger partial charge < -0.3 is 18.9 Å². The third-order valence-corrected chi connectivity index (χ3v) is 4.93. The van der Waals surface area contributed by atoms with Crippen LogP contribution in [0.3, 0.4) is 0 Å². The first-order chi connectivity index (χ1) is 15.8. The van der Waals surface area contributed by atoms with Gasteiger partial charge in [-0.3, -0.25) is 0 Å². The lowest BCUT2D eigenvalue weighted by atomic mass is 9.97. The quantitative estimate of drug-likeness (QED) is 0.321. The molecule has 2 aromatic rings. The molecule has 33 heavy (non-hydrogen) atoms. The van der Waals surface area contributed by atoms with Gasteiger partial charge in [0.15, 0.2) is 11.6 Å². The van der Waals surface area contributed by atoms with Crippen molar-refractivity contribution in [1.82, 2.24) is 0 Å². The van der Waals surface area contributed by atoms with Crippen LogP contribution >= 0.6 is 0 Å². The third-order valence-electron chi connectivity index (χ3n) is 4.93. The van der Waals surface area contributed by atoms with E-state index < -0.39 is 47.8 Å². The molecule has 0 N–H and O–H groups in total. The molecule has 1 heterocycles. The smallest absolute Gasteiger partial charge is 0.379 e. The maximum atomic E-state index is 13.9. The van der Waals surface area contributed by atoms with E-state index in [-0.39, 0.29) is 19.1 Å². The van der Waals surface area contributed by atoms with Crippen LogP contribution in [0.2, 0.25) is 0 Å². The van der Waals surface area contributed by atoms with Crippen molar-refractivity contribution in [3.8, 4) is 11.5 Å². The number of alkyl halides is 2. The summed E-state index contributed by atoms with van der Waals surface area (Å²) in [4.78, 5) is 23.1. The Morgan fingerprint density at radius 1 is 1.03 bits per heavy atom. The number of halogens is 4. The maximum Gasteiger partial charge on any atom is 0.379 e. The number of hydrogen-bond donors (Lipinski definition) is 0. The molecule has 10 heteroatoms. The Balaban J connectivity index is 1.55. The van der Waals surface area contributed by atoms with E-state index in [1.807, 2.05) is 24.3 Å². The second kappa shape index (κ2) is 11.2. The lowest BCUT2D eigenvalue weighted by Crippen LogP contribution is -2.38. The van der Waals surface area contributed by atoms with Gasteiger partial charge in [-0.2, -0.15) is 8.78 Å². The first-order valence-corrected chi connectivity index (χ1v) is 10.3. The summed E-state index contributed by atoms with van der Waals surface area (Å²) < 4.78 is 72.0. The number of unbranched alkanes of at least 4 members (excludes halogenated alkanes) is 1. The summed E-state index contributed by atoms with van der Waals surface area (Å²) in [5.74, 6) is -8.18. The van der Waals surface area contributed by atoms with Crippen molar-refractivity contribution in [3.05, 3.63) is 59.2 Å². The van der Waals surface area contributed by atoms with Crippen LogP contribution in [0.1, 0.15) is 36.8 Å². The Bertz CT molecular complexity index is 948. The molecular weight excluding hydrogens is 448 g/mol. The Morgan fingerprint density at radius 2 is 1.64 bits per heavy atom. The number of aryl methyl sites for hydroxylation is 1. The monoisotopic (exact) mass is 470 g/mol. The number of benzene rings is 2. The number of carbonyl (C=O) groups is 2. The molecule has 0 spiro atoms. The predicted octanol–water partition coefficient (Wildman–Crippen LogP) is 4.54. The van der Waals surface area contributed by atoms with Gasteiger partial charge in [-0.15, -0.1) is 0 Å². The Morgan fingerprint density at radius 3 is 2.18 bits per heavy atom. The topological polar surface area (TPSA) is 71.1 Å². The molecule has 3 rings (SSSR count). The summed E-state index contributed by atoms with van der Waals surface area (Å²) in [5, 5.41) is 0. The van der Waals surface area contributed by atoms with Gasteiger partial charge in [0, 0.05) is 18.1 Å². The van der Waals surface area contributed by atoms with Crippen LogP contribution < -0.4 is 9.47 Å². The summed E-state index contributed by atoms with van der Waals surface area (Å²) in [6, 6.07) is 9.07. The minimum atomic E-state index is -3.57. The van der Waals surface area contributed by atoms with Gasteiger partial charge in [-0.1, -0.05) is 37.6 Å². The van der Waals surface area contributed by atoms with E-state index in [9.17, 15) is 27.2 Å². The fourth-order valence-electron chi connectivity index (χ4n) is 3.17. The van der Waals surface area contributed by atoms with E-state index in [1.54, 1.807) is 0 Å². The molecule has 0 atom stereocenters. The van der Waals surface area contributed by atoms with Crippen LogP contribution in [-0.4, -0.2) is 37.9 Å². The minimum Gasteiger partial charge on any atom is -0.423 e. The van der Waals surface area contributed by atoms with Crippen molar-refractivity contribution in [3.63, 3.8) is 0 Å². The molecule has 0 bridgehead atoms. The lowest BCUT2D eigenvalue weighted by Gasteiger charge is -2.28. The highest BCUT2D eigenvalue weighted by Gasteiger charge is 2.31. The molecule has 1 aliphatic heterocycles. The summed E-state index contributed by atoms with van der Waals surface area (Å²) in [7, 11) is 0. The van der Waals surface area contributed by atoms with Crippen LogP contribution in [0, 0.1) is 11.6 Å². The number of hydrogen-bond acceptors (Lipinski definition) is 6. The summed E-state index contributed by atoms with van der Waals surface area (Å²) >= 11 is 0. The summed E-state index contributed by atoms with van der Waals surface area (Å²) in [5.41, 5.74) is 2.22. The van der Waals surface area contributed by atoms with Gasteiger partial charge in [0.25, 0.3) is 6.29 Å². The predicted molar refractivity (Wildman–Crippen MR) is 107 cm³/mol. The first kappa shape index (κ1) is 24.7. The highest BCUT2D eigenvalue weighted by Crippen LogP contribution is 2.29. The molecule has 0 aliphatic carbocycles. The van der Waals surface area contributed by atoms with E-state index in [2.05, 4.69) is 11.7 Å². The fraction of sp³-hybridized carbons (Fsp3) is 0.391. The van der Waals surface area contributed by atoms with Crippen LogP contribution in [0.4, 0.5) is 17.6 Å². The van der Waals surface area contributed by atoms with E-state index in [0.717, 1.165) is 24.8 Å². The van der Waals surface area contributed by atoms with Gasteiger partial charge in [0.2, 0.25) is 5.75 Å². The van der Waals surface area contributed by atoms with Crippen molar-refractivity contribution in [2.45, 2.75) is 44.8 Å². The van der Waals surface area contributed by atoms with E-state index in [4.69, 9.17) is 14.2 Å². The van der Waals surface area contributed by atoms with E-state index in [0.29, 0.717) is 12.1 Å². The minimum absolute atomic E-state index is 0.104. The normalized spacial score (nSPS) is 18.2. The van der Waals surface area contributed by atoms with Crippen LogP contribution in [0.25, 0.3) is 0 Å². The molecule has 0 amide bonds. The van der Waals surface area contributed by atoms with Gasteiger partial charge in [0.1, 0.15) is 5.75 Å². The zero-order valence-electron chi connectivity index (χ0n) is 17.7. The second-order valence-corrected chi connectivity index (χ2v) is 7.40. The first-order valence-electron chi connectivity index (χ1n) is 10.3. The van der Waals surface area contributed by atoms with Crippen molar-refractivity contribution in [2.24, 2.45) is 0 Å². The number of carbonyl (C=O) groups excluding carboxylic acids is 2. The highest BCUT2D eigenvalue weighted by atomic mass is 19.3. The zero-order chi connectivity index (χ0) is 24.0. The summed E-state index contributed by atoms with van der Waals surface area (Å²) in [6.45, 7) is 2.46. The average Bonchev–Trinajstić information content (AvgIpc) is 2.80. The molecule has 0 unspecified atom stereocenters. The number of ether oxygens (including phenoxy) is 4. The van der Waals surface area contributed by atoms with Gasteiger partial charge >= 0.3 is 18.4 Å². The van der Waals surface area contributed by atoms with Gasteiger partial charge in [-0.25, -0.2) is 18.4 Å². The van der Waals surface area contributed by atoms with Crippen LogP contribution in [0.15, 0.2) is 36.4 Å². The molecule has 1 aliphatic rings. The average molecular weight is 470 g/mol. The Kier molecular flexibility index (Phi) is 8.40. The van der Waals surface area contributed by atoms with Crippen molar-refractivity contribution < 1.29 is 46.1 Å². The SMILES string of the molecule is CCCCc1ccc(C2COC(C(=O)Oc3cc(F)c(OC(=O)C(F)F)c(F)c3)OC2)cc1. The highest BCUT2D eigenvalue weighted by molar-refractivity contribution is 5.77. The number of esters is 2. The summed E-state index contributed by atoms with van der Waals surface area (Å²) in [6.07, 6.45) is -1.76. The molecule has 2 aromatic carbocycles. The van der Waals surface area contributed by atoms with Gasteiger partial charge in [-0.05, 0) is 24.0 Å². The third kappa shape index (κ3) is 6.52. The molecule has 6 nitrogen and oxygen atoms in total. The standard InChI is InChI=1S/C23H22F4O6/c1-2-3-4-13-5-7-14(8-6-13)15-11-30-23(31-12-15)22(29)32-16-9-17(24)19(18(25)10-16)33-21(28)20(26)27/h5-10,15,20,23H,2-4,11-12H2,1H3. The molecular formula is C23H22F4O6. The zero-order valence-corrected chi connectivity index (χ0v) is 17.7. The molecule has 178 valence electrons. The molecule has 0 saturated carbocycles. The van der Waals surface area contributed by atoms with Crippen molar-refractivity contribution in [1.29, 1.82) is 0 Å².